The summed E-state index contributed by atoms with van der Waals surface area (Å²) >= 11 is 1.25. The summed E-state index contributed by atoms with van der Waals surface area (Å²) in [5.74, 6) is -0.658. The predicted molar refractivity (Wildman–Crippen MR) is 103 cm³/mol. The van der Waals surface area contributed by atoms with E-state index in [0.717, 1.165) is 9.44 Å². The average molecular weight is 398 g/mol. The number of aryl methyl sites for hydroxylation is 1. The zero-order chi connectivity index (χ0) is 20.6. The van der Waals surface area contributed by atoms with E-state index >= 15 is 0 Å². The van der Waals surface area contributed by atoms with E-state index in [2.05, 4.69) is 4.98 Å². The van der Waals surface area contributed by atoms with E-state index in [4.69, 9.17) is 14.5 Å². The number of thiophene rings is 1. The minimum absolute atomic E-state index is 0.163. The number of H-pyrrole nitrogens is 1. The van der Waals surface area contributed by atoms with Gasteiger partial charge in [-0.05, 0) is 54.0 Å². The fraction of sp³-hybridized carbons (Fsp3) is 0.611. The molecular formula is C18H26N2O6S. The Morgan fingerprint density at radius 3 is 2.33 bits per heavy atom. The first-order chi connectivity index (χ1) is 12.4. The van der Waals surface area contributed by atoms with Crippen molar-refractivity contribution < 1.29 is 19.3 Å². The molecule has 1 N–H and O–H groups in total. The highest BCUT2D eigenvalue weighted by molar-refractivity contribution is 7.18. The van der Waals surface area contributed by atoms with Gasteiger partial charge < -0.3 is 4.74 Å². The highest BCUT2D eigenvalue weighted by Crippen LogP contribution is 2.28. The molecule has 8 nitrogen and oxygen atoms in total. The lowest BCUT2D eigenvalue weighted by atomic mass is 10.0. The minimum atomic E-state index is -1.47. The monoisotopic (exact) mass is 398 g/mol. The van der Waals surface area contributed by atoms with Crippen molar-refractivity contribution in [1.29, 1.82) is 0 Å². The van der Waals surface area contributed by atoms with E-state index in [1.54, 1.807) is 34.6 Å². The lowest BCUT2D eigenvalue weighted by Crippen LogP contribution is -2.52. The number of fused-ring (bicyclic) bond motifs is 1. The van der Waals surface area contributed by atoms with E-state index < -0.39 is 28.4 Å². The third kappa shape index (κ3) is 4.31. The Bertz CT molecular complexity index is 961. The fourth-order valence-corrected chi connectivity index (χ4v) is 3.67. The predicted octanol–water partition coefficient (Wildman–Crippen LogP) is 2.60. The molecule has 9 heteroatoms. The number of aromatic nitrogens is 2. The van der Waals surface area contributed by atoms with Crippen molar-refractivity contribution in [2.75, 3.05) is 6.61 Å². The van der Waals surface area contributed by atoms with Crippen molar-refractivity contribution in [3.63, 3.8) is 0 Å². The summed E-state index contributed by atoms with van der Waals surface area (Å²) in [5, 5.41) is 0.353. The van der Waals surface area contributed by atoms with E-state index in [-0.39, 0.29) is 6.61 Å². The van der Waals surface area contributed by atoms with Crippen LogP contribution in [-0.4, -0.2) is 27.7 Å². The molecule has 0 amide bonds. The number of nitrogens with zero attached hydrogens (tertiary/aromatic N) is 1. The summed E-state index contributed by atoms with van der Waals surface area (Å²) < 4.78 is 6.31. The van der Waals surface area contributed by atoms with E-state index in [1.807, 2.05) is 0 Å². The van der Waals surface area contributed by atoms with Crippen LogP contribution in [-0.2, 0) is 31.5 Å². The molecule has 0 spiro atoms. The van der Waals surface area contributed by atoms with Gasteiger partial charge in [0.15, 0.2) is 0 Å². The first kappa shape index (κ1) is 21.3. The van der Waals surface area contributed by atoms with Gasteiger partial charge in [0.1, 0.15) is 22.6 Å². The highest BCUT2D eigenvalue weighted by Gasteiger charge is 2.37. The molecule has 2 rings (SSSR count). The van der Waals surface area contributed by atoms with Crippen molar-refractivity contribution in [2.24, 2.45) is 0 Å². The van der Waals surface area contributed by atoms with Gasteiger partial charge in [0.05, 0.1) is 12.0 Å². The Hall–Kier alpha value is -1.97. The molecule has 0 saturated heterocycles. The van der Waals surface area contributed by atoms with Gasteiger partial charge in [-0.1, -0.05) is 0 Å². The molecule has 0 unspecified atom stereocenters. The van der Waals surface area contributed by atoms with Gasteiger partial charge in [-0.2, -0.15) is 0 Å². The molecule has 0 aliphatic heterocycles. The number of hydrogen-bond acceptors (Lipinski definition) is 7. The van der Waals surface area contributed by atoms with Gasteiger partial charge in [0.2, 0.25) is 0 Å². The van der Waals surface area contributed by atoms with Crippen molar-refractivity contribution in [2.45, 2.75) is 66.2 Å². The van der Waals surface area contributed by atoms with Crippen LogP contribution in [0.5, 0.6) is 0 Å². The smallest absolute Gasteiger partial charge is 0.332 e. The zero-order valence-corrected chi connectivity index (χ0v) is 17.5. The molecular weight excluding hydrogens is 372 g/mol. The number of aromatic amines is 1. The second-order valence-electron chi connectivity index (χ2n) is 7.65. The minimum Gasteiger partial charge on any atom is -0.458 e. The summed E-state index contributed by atoms with van der Waals surface area (Å²) in [6.45, 7) is 12.3. The number of ether oxygens (including phenoxy) is 1. The van der Waals surface area contributed by atoms with Crippen LogP contribution >= 0.6 is 11.3 Å². The molecule has 0 atom stereocenters. The highest BCUT2D eigenvalue weighted by atomic mass is 32.1. The van der Waals surface area contributed by atoms with Crippen molar-refractivity contribution in [3.05, 3.63) is 31.3 Å². The molecule has 2 aromatic heterocycles. The second kappa shape index (κ2) is 7.57. The van der Waals surface area contributed by atoms with Crippen LogP contribution < -0.4 is 11.2 Å². The first-order valence-electron chi connectivity index (χ1n) is 8.65. The van der Waals surface area contributed by atoms with E-state index in [9.17, 15) is 14.4 Å². The lowest BCUT2D eigenvalue weighted by Gasteiger charge is -2.29. The number of hydrogen-bond donors (Lipinski definition) is 1. The Balaban J connectivity index is 2.58. The van der Waals surface area contributed by atoms with Crippen LogP contribution in [0.4, 0.5) is 0 Å². The number of esters is 1. The summed E-state index contributed by atoms with van der Waals surface area (Å²) in [4.78, 5) is 52.2. The standard InChI is InChI=1S/C18H26N2O6S/c1-8-24-25-9-11-10(2)12-13(27-11)19-16(23)20(14(12)21)18(6,7)15(22)26-17(3,4)5/h8-9H2,1-7H3,(H,19,23). The molecule has 0 fully saturated rings. The van der Waals surface area contributed by atoms with Gasteiger partial charge in [-0.25, -0.2) is 23.9 Å². The summed E-state index contributed by atoms with van der Waals surface area (Å²) in [6, 6.07) is 0. The molecule has 0 saturated carbocycles. The van der Waals surface area contributed by atoms with Crippen LogP contribution in [0.2, 0.25) is 0 Å². The third-order valence-corrected chi connectivity index (χ3v) is 5.12. The van der Waals surface area contributed by atoms with Gasteiger partial charge >= 0.3 is 11.7 Å². The maximum absolute atomic E-state index is 13.1. The zero-order valence-electron chi connectivity index (χ0n) is 16.7. The summed E-state index contributed by atoms with van der Waals surface area (Å²) in [7, 11) is 0. The largest absolute Gasteiger partial charge is 0.458 e. The van der Waals surface area contributed by atoms with Crippen LogP contribution in [0, 0.1) is 6.92 Å². The Morgan fingerprint density at radius 1 is 1.15 bits per heavy atom. The first-order valence-corrected chi connectivity index (χ1v) is 9.47. The molecule has 0 aromatic carbocycles. The van der Waals surface area contributed by atoms with Crippen LogP contribution in [0.1, 0.15) is 52.0 Å². The quantitative estimate of drug-likeness (QED) is 0.347. The molecule has 2 heterocycles. The van der Waals surface area contributed by atoms with Crippen LogP contribution in [0.15, 0.2) is 9.59 Å². The Kier molecular flexibility index (Phi) is 5.98. The number of rotatable bonds is 6. The molecule has 0 radical (unpaired) electrons. The summed E-state index contributed by atoms with van der Waals surface area (Å²) in [6.07, 6.45) is 0. The Morgan fingerprint density at radius 2 is 1.78 bits per heavy atom. The average Bonchev–Trinajstić information content (AvgIpc) is 2.81. The SMILES string of the molecule is CCOOCc1sc2[nH]c(=O)n(C(C)(C)C(=O)OC(C)(C)C)c(=O)c2c1C. The number of carbonyl (C=O) groups excluding carboxylic acids is 1. The summed E-state index contributed by atoms with van der Waals surface area (Å²) in [5.41, 5.74) is -2.73. The maximum atomic E-state index is 13.1. The Labute approximate surface area is 161 Å². The second-order valence-corrected chi connectivity index (χ2v) is 8.76. The van der Waals surface area contributed by atoms with Gasteiger partial charge in [-0.15, -0.1) is 11.3 Å². The molecule has 0 aliphatic carbocycles. The van der Waals surface area contributed by atoms with E-state index in [0.29, 0.717) is 22.4 Å². The molecule has 2 aromatic rings. The fourth-order valence-electron chi connectivity index (χ4n) is 2.58. The third-order valence-electron chi connectivity index (χ3n) is 3.93. The van der Waals surface area contributed by atoms with Crippen LogP contribution in [0.3, 0.4) is 0 Å². The van der Waals surface area contributed by atoms with Gasteiger partial charge in [-0.3, -0.25) is 9.78 Å². The molecule has 27 heavy (non-hydrogen) atoms. The molecule has 0 aliphatic rings. The maximum Gasteiger partial charge on any atom is 0.332 e. The van der Waals surface area contributed by atoms with Crippen LogP contribution in [0.25, 0.3) is 10.2 Å². The molecule has 150 valence electrons. The number of carbonyl (C=O) groups is 1. The lowest BCUT2D eigenvalue weighted by molar-refractivity contribution is -0.300. The van der Waals surface area contributed by atoms with Crippen molar-refractivity contribution >= 4 is 27.5 Å². The molecule has 0 bridgehead atoms. The van der Waals surface area contributed by atoms with E-state index in [1.165, 1.54) is 25.2 Å². The normalized spacial score (nSPS) is 12.6. The van der Waals surface area contributed by atoms with Crippen molar-refractivity contribution in [1.82, 2.24) is 9.55 Å². The number of nitrogens with one attached hydrogen (secondary N) is 1. The van der Waals surface area contributed by atoms with Crippen molar-refractivity contribution in [3.8, 4) is 0 Å². The van der Waals surface area contributed by atoms with Gasteiger partial charge in [0, 0.05) is 4.88 Å². The van der Waals surface area contributed by atoms with Gasteiger partial charge in [0.25, 0.3) is 5.56 Å². The topological polar surface area (TPSA) is 99.6 Å².